The lowest BCUT2D eigenvalue weighted by Gasteiger charge is -2.34. The highest BCUT2D eigenvalue weighted by Crippen LogP contribution is 2.33. The van der Waals surface area contributed by atoms with Crippen molar-refractivity contribution in [2.75, 3.05) is 5.32 Å². The largest absolute Gasteiger partial charge is 0.481 e. The SMILES string of the molecule is O=C(O)C1CCC1Nc1ccc(Cl)cc1Cl. The van der Waals surface area contributed by atoms with E-state index in [4.69, 9.17) is 28.3 Å². The fourth-order valence-corrected chi connectivity index (χ4v) is 2.24. The van der Waals surface area contributed by atoms with Gasteiger partial charge in [-0.3, -0.25) is 4.79 Å². The number of carboxylic acid groups (broad SMARTS) is 1. The van der Waals surface area contributed by atoms with Gasteiger partial charge in [0.25, 0.3) is 0 Å². The number of carbonyl (C=O) groups is 1. The number of benzene rings is 1. The molecule has 0 aromatic heterocycles. The highest BCUT2D eigenvalue weighted by Gasteiger charge is 2.36. The van der Waals surface area contributed by atoms with Crippen LogP contribution < -0.4 is 5.32 Å². The zero-order valence-electron chi connectivity index (χ0n) is 8.41. The number of hydrogen-bond donors (Lipinski definition) is 2. The Balaban J connectivity index is 2.07. The number of carboxylic acids is 1. The second kappa shape index (κ2) is 4.52. The molecule has 16 heavy (non-hydrogen) atoms. The summed E-state index contributed by atoms with van der Waals surface area (Å²) in [6, 6.07) is 5.10. The molecule has 1 aromatic carbocycles. The minimum atomic E-state index is -0.756. The van der Waals surface area contributed by atoms with Crippen molar-refractivity contribution in [3.8, 4) is 0 Å². The third kappa shape index (κ3) is 2.25. The number of aliphatic carboxylic acids is 1. The Bertz CT molecular complexity index is 422. The fourth-order valence-electron chi connectivity index (χ4n) is 1.77. The Morgan fingerprint density at radius 2 is 2.12 bits per heavy atom. The molecule has 0 amide bonds. The molecule has 3 nitrogen and oxygen atoms in total. The molecule has 1 aliphatic carbocycles. The van der Waals surface area contributed by atoms with Crippen molar-refractivity contribution in [2.24, 2.45) is 5.92 Å². The average molecular weight is 260 g/mol. The van der Waals surface area contributed by atoms with E-state index in [1.807, 2.05) is 0 Å². The van der Waals surface area contributed by atoms with Crippen LogP contribution in [-0.2, 0) is 4.79 Å². The molecule has 0 saturated heterocycles. The molecule has 1 aromatic rings. The molecule has 0 spiro atoms. The van der Waals surface area contributed by atoms with Crippen LogP contribution >= 0.6 is 23.2 Å². The predicted octanol–water partition coefficient (Wildman–Crippen LogP) is 3.27. The summed E-state index contributed by atoms with van der Waals surface area (Å²) in [4.78, 5) is 10.8. The number of anilines is 1. The summed E-state index contributed by atoms with van der Waals surface area (Å²) in [7, 11) is 0. The molecule has 1 fully saturated rings. The van der Waals surface area contributed by atoms with Crippen molar-refractivity contribution in [1.82, 2.24) is 0 Å². The first kappa shape index (κ1) is 11.6. The summed E-state index contributed by atoms with van der Waals surface area (Å²) < 4.78 is 0. The van der Waals surface area contributed by atoms with E-state index >= 15 is 0 Å². The van der Waals surface area contributed by atoms with Crippen LogP contribution in [-0.4, -0.2) is 17.1 Å². The molecule has 5 heteroatoms. The highest BCUT2D eigenvalue weighted by molar-refractivity contribution is 6.36. The van der Waals surface area contributed by atoms with Gasteiger partial charge in [0, 0.05) is 11.1 Å². The van der Waals surface area contributed by atoms with Gasteiger partial charge in [-0.1, -0.05) is 23.2 Å². The zero-order valence-corrected chi connectivity index (χ0v) is 9.92. The van der Waals surface area contributed by atoms with E-state index in [2.05, 4.69) is 5.32 Å². The van der Waals surface area contributed by atoms with Crippen molar-refractivity contribution in [1.29, 1.82) is 0 Å². The maximum absolute atomic E-state index is 10.8. The summed E-state index contributed by atoms with van der Waals surface area (Å²) in [5, 5.41) is 13.1. The lowest BCUT2D eigenvalue weighted by atomic mass is 9.79. The third-order valence-corrected chi connectivity index (χ3v) is 3.41. The van der Waals surface area contributed by atoms with Crippen LogP contribution in [0.5, 0.6) is 0 Å². The average Bonchev–Trinajstić information content (AvgIpc) is 2.13. The van der Waals surface area contributed by atoms with Crippen LogP contribution in [0.2, 0.25) is 10.0 Å². The summed E-state index contributed by atoms with van der Waals surface area (Å²) in [6.07, 6.45) is 1.58. The summed E-state index contributed by atoms with van der Waals surface area (Å²) in [5.74, 6) is -1.07. The van der Waals surface area contributed by atoms with Gasteiger partial charge < -0.3 is 10.4 Å². The molecular formula is C11H11Cl2NO2. The van der Waals surface area contributed by atoms with Crippen LogP contribution in [0.4, 0.5) is 5.69 Å². The van der Waals surface area contributed by atoms with Crippen LogP contribution in [0.1, 0.15) is 12.8 Å². The van der Waals surface area contributed by atoms with Gasteiger partial charge in [0.1, 0.15) is 0 Å². The molecule has 1 aliphatic rings. The van der Waals surface area contributed by atoms with Gasteiger partial charge in [0.05, 0.1) is 16.6 Å². The quantitative estimate of drug-likeness (QED) is 0.876. The predicted molar refractivity (Wildman–Crippen MR) is 64.2 cm³/mol. The van der Waals surface area contributed by atoms with Gasteiger partial charge >= 0.3 is 5.97 Å². The van der Waals surface area contributed by atoms with E-state index in [1.54, 1.807) is 18.2 Å². The molecular weight excluding hydrogens is 249 g/mol. The van der Waals surface area contributed by atoms with Gasteiger partial charge in [-0.05, 0) is 31.0 Å². The maximum atomic E-state index is 10.8. The standard InChI is InChI=1S/C11H11Cl2NO2/c12-6-1-3-10(8(13)5-6)14-9-4-2-7(9)11(15)16/h1,3,5,7,9,14H,2,4H2,(H,15,16). The molecule has 0 bridgehead atoms. The molecule has 0 aliphatic heterocycles. The number of halogens is 2. The normalized spacial score (nSPS) is 23.6. The van der Waals surface area contributed by atoms with Crippen molar-refractivity contribution < 1.29 is 9.90 Å². The molecule has 0 heterocycles. The van der Waals surface area contributed by atoms with Crippen LogP contribution in [0, 0.1) is 5.92 Å². The van der Waals surface area contributed by atoms with E-state index in [0.29, 0.717) is 10.0 Å². The van der Waals surface area contributed by atoms with E-state index in [-0.39, 0.29) is 12.0 Å². The molecule has 86 valence electrons. The second-order valence-electron chi connectivity index (χ2n) is 3.90. The van der Waals surface area contributed by atoms with Gasteiger partial charge in [0.2, 0.25) is 0 Å². The third-order valence-electron chi connectivity index (χ3n) is 2.86. The highest BCUT2D eigenvalue weighted by atomic mass is 35.5. The molecule has 1 saturated carbocycles. The first-order valence-corrected chi connectivity index (χ1v) is 5.78. The van der Waals surface area contributed by atoms with E-state index in [9.17, 15) is 4.79 Å². The Labute approximate surface area is 103 Å². The Morgan fingerprint density at radius 3 is 2.62 bits per heavy atom. The summed E-state index contributed by atoms with van der Waals surface area (Å²) in [5.41, 5.74) is 0.738. The topological polar surface area (TPSA) is 49.3 Å². The Hall–Kier alpha value is -0.930. The van der Waals surface area contributed by atoms with Crippen molar-refractivity contribution in [3.05, 3.63) is 28.2 Å². The van der Waals surface area contributed by atoms with E-state index in [1.165, 1.54) is 0 Å². The molecule has 2 atom stereocenters. The second-order valence-corrected chi connectivity index (χ2v) is 4.74. The van der Waals surface area contributed by atoms with Crippen LogP contribution in [0.15, 0.2) is 18.2 Å². The number of nitrogens with one attached hydrogen (secondary N) is 1. The van der Waals surface area contributed by atoms with E-state index in [0.717, 1.165) is 18.5 Å². The molecule has 2 N–H and O–H groups in total. The van der Waals surface area contributed by atoms with Crippen LogP contribution in [0.3, 0.4) is 0 Å². The van der Waals surface area contributed by atoms with Crippen LogP contribution in [0.25, 0.3) is 0 Å². The Morgan fingerprint density at radius 1 is 1.38 bits per heavy atom. The molecule has 2 rings (SSSR count). The fraction of sp³-hybridized carbons (Fsp3) is 0.364. The zero-order chi connectivity index (χ0) is 11.7. The van der Waals surface area contributed by atoms with Crippen molar-refractivity contribution >= 4 is 34.9 Å². The maximum Gasteiger partial charge on any atom is 0.308 e. The van der Waals surface area contributed by atoms with E-state index < -0.39 is 5.97 Å². The number of hydrogen-bond acceptors (Lipinski definition) is 2. The molecule has 2 unspecified atom stereocenters. The van der Waals surface area contributed by atoms with Gasteiger partial charge in [0.15, 0.2) is 0 Å². The monoisotopic (exact) mass is 259 g/mol. The summed E-state index contributed by atoms with van der Waals surface area (Å²) in [6.45, 7) is 0. The van der Waals surface area contributed by atoms with Crippen molar-refractivity contribution in [3.63, 3.8) is 0 Å². The smallest absolute Gasteiger partial charge is 0.308 e. The van der Waals surface area contributed by atoms with Crippen molar-refractivity contribution in [2.45, 2.75) is 18.9 Å². The first-order chi connectivity index (χ1) is 7.58. The number of rotatable bonds is 3. The van der Waals surface area contributed by atoms with Gasteiger partial charge in [-0.15, -0.1) is 0 Å². The lowest BCUT2D eigenvalue weighted by molar-refractivity contribution is -0.144. The Kier molecular flexibility index (Phi) is 3.26. The minimum absolute atomic E-state index is 0.0313. The summed E-state index contributed by atoms with van der Waals surface area (Å²) >= 11 is 11.8. The van der Waals surface area contributed by atoms with Gasteiger partial charge in [-0.25, -0.2) is 0 Å². The minimum Gasteiger partial charge on any atom is -0.481 e. The first-order valence-electron chi connectivity index (χ1n) is 5.02. The molecule has 0 radical (unpaired) electrons. The van der Waals surface area contributed by atoms with Gasteiger partial charge in [-0.2, -0.15) is 0 Å². The lowest BCUT2D eigenvalue weighted by Crippen LogP contribution is -2.43.